The van der Waals surface area contributed by atoms with E-state index in [1.807, 2.05) is 6.07 Å². The first-order chi connectivity index (χ1) is 14.6. The van der Waals surface area contributed by atoms with E-state index in [2.05, 4.69) is 16.0 Å². The molecule has 9 nitrogen and oxygen atoms in total. The Morgan fingerprint density at radius 1 is 1.17 bits per heavy atom. The molecule has 3 aliphatic rings. The third kappa shape index (κ3) is 4.14. The van der Waals surface area contributed by atoms with Crippen LogP contribution in [0, 0.1) is 0 Å². The topological polar surface area (TPSA) is 117 Å². The molecule has 0 aliphatic carbocycles. The summed E-state index contributed by atoms with van der Waals surface area (Å²) in [5.74, 6) is -1.93. The number of hydrogen-bond acceptors (Lipinski definition) is 7. The Kier molecular flexibility index (Phi) is 6.21. The molecule has 9 heteroatoms. The van der Waals surface area contributed by atoms with Crippen LogP contribution in [0.5, 0.6) is 0 Å². The maximum atomic E-state index is 13.0. The molecule has 0 saturated carbocycles. The largest absolute Gasteiger partial charge is 0.376 e. The predicted molar refractivity (Wildman–Crippen MR) is 107 cm³/mol. The molecule has 3 N–H and O–H groups in total. The van der Waals surface area contributed by atoms with Crippen LogP contribution in [0.25, 0.3) is 0 Å². The summed E-state index contributed by atoms with van der Waals surface area (Å²) in [5, 5.41) is 8.86. The van der Waals surface area contributed by atoms with Crippen LogP contribution >= 0.6 is 0 Å². The molecule has 4 amide bonds. The maximum absolute atomic E-state index is 13.0. The molecule has 2 fully saturated rings. The molecule has 30 heavy (non-hydrogen) atoms. The highest BCUT2D eigenvalue weighted by molar-refractivity contribution is 6.24. The first kappa shape index (κ1) is 20.6. The Balaban J connectivity index is 1.38. The van der Waals surface area contributed by atoms with Gasteiger partial charge >= 0.3 is 0 Å². The zero-order chi connectivity index (χ0) is 21.1. The minimum Gasteiger partial charge on any atom is -0.376 e. The Bertz CT molecular complexity index is 865. The van der Waals surface area contributed by atoms with Crippen molar-refractivity contribution < 1.29 is 23.9 Å². The maximum Gasteiger partial charge on any atom is 0.262 e. The van der Waals surface area contributed by atoms with Crippen molar-refractivity contribution in [2.45, 2.75) is 44.4 Å². The van der Waals surface area contributed by atoms with Crippen LogP contribution in [0.2, 0.25) is 0 Å². The van der Waals surface area contributed by atoms with Gasteiger partial charge in [-0.25, -0.2) is 0 Å². The van der Waals surface area contributed by atoms with Crippen molar-refractivity contribution in [3.63, 3.8) is 0 Å². The van der Waals surface area contributed by atoms with Gasteiger partial charge in [0.25, 0.3) is 11.8 Å². The van der Waals surface area contributed by atoms with Gasteiger partial charge in [-0.2, -0.15) is 0 Å². The monoisotopic (exact) mass is 414 g/mol. The summed E-state index contributed by atoms with van der Waals surface area (Å²) in [6, 6.07) is 4.23. The average Bonchev–Trinajstić information content (AvgIpc) is 3.00. The molecule has 3 heterocycles. The summed E-state index contributed by atoms with van der Waals surface area (Å²) in [5.41, 5.74) is 1.39. The second-order valence-electron chi connectivity index (χ2n) is 7.80. The van der Waals surface area contributed by atoms with E-state index in [4.69, 9.17) is 4.74 Å². The number of nitrogens with zero attached hydrogens (tertiary/aromatic N) is 1. The molecule has 2 saturated heterocycles. The van der Waals surface area contributed by atoms with Gasteiger partial charge < -0.3 is 15.4 Å². The van der Waals surface area contributed by atoms with E-state index in [9.17, 15) is 19.2 Å². The molecule has 0 radical (unpaired) electrons. The van der Waals surface area contributed by atoms with Crippen LogP contribution in [0.3, 0.4) is 0 Å². The van der Waals surface area contributed by atoms with E-state index in [-0.39, 0.29) is 24.9 Å². The fourth-order valence-electron chi connectivity index (χ4n) is 4.22. The molecular weight excluding hydrogens is 388 g/mol. The van der Waals surface area contributed by atoms with Gasteiger partial charge in [-0.1, -0.05) is 12.1 Å². The van der Waals surface area contributed by atoms with Gasteiger partial charge in [-0.15, -0.1) is 0 Å². The molecule has 2 unspecified atom stereocenters. The number of imide groups is 2. The van der Waals surface area contributed by atoms with Crippen LogP contribution in [0.4, 0.5) is 0 Å². The first-order valence-electron chi connectivity index (χ1n) is 10.4. The number of rotatable bonds is 7. The van der Waals surface area contributed by atoms with Crippen LogP contribution in [0.1, 0.15) is 52.0 Å². The molecule has 2 atom stereocenters. The zero-order valence-corrected chi connectivity index (χ0v) is 16.7. The van der Waals surface area contributed by atoms with Gasteiger partial charge in [0.15, 0.2) is 0 Å². The minimum absolute atomic E-state index is 0.110. The Morgan fingerprint density at radius 2 is 2.03 bits per heavy atom. The van der Waals surface area contributed by atoms with Crippen molar-refractivity contribution in [3.8, 4) is 0 Å². The third-order valence-electron chi connectivity index (χ3n) is 5.75. The molecule has 4 rings (SSSR count). The SMILES string of the molecule is O=C1CCC(N2C(=O)c3cccc(CNCCCC4CNCCO4)c3C2=O)C(=O)N1. The van der Waals surface area contributed by atoms with Crippen molar-refractivity contribution in [1.82, 2.24) is 20.9 Å². The fourth-order valence-corrected chi connectivity index (χ4v) is 4.22. The van der Waals surface area contributed by atoms with Gasteiger partial charge in [-0.3, -0.25) is 29.4 Å². The molecule has 0 aromatic heterocycles. The highest BCUT2D eigenvalue weighted by atomic mass is 16.5. The lowest BCUT2D eigenvalue weighted by atomic mass is 10.0. The lowest BCUT2D eigenvalue weighted by molar-refractivity contribution is -0.136. The minimum atomic E-state index is -0.944. The van der Waals surface area contributed by atoms with E-state index < -0.39 is 23.8 Å². The van der Waals surface area contributed by atoms with Crippen LogP contribution in [-0.4, -0.2) is 66.9 Å². The molecule has 0 bridgehead atoms. The normalized spacial score (nSPS) is 24.2. The summed E-state index contributed by atoms with van der Waals surface area (Å²) >= 11 is 0. The quantitative estimate of drug-likeness (QED) is 0.423. The number of piperidine rings is 1. The lowest BCUT2D eigenvalue weighted by Crippen LogP contribution is -2.54. The summed E-state index contributed by atoms with van der Waals surface area (Å²) in [6.45, 7) is 3.74. The van der Waals surface area contributed by atoms with Gasteiger partial charge in [0.2, 0.25) is 11.8 Å². The van der Waals surface area contributed by atoms with Crippen molar-refractivity contribution in [3.05, 3.63) is 34.9 Å². The summed E-state index contributed by atoms with van der Waals surface area (Å²) in [6.07, 6.45) is 2.40. The number of carbonyl (C=O) groups excluding carboxylic acids is 4. The number of benzene rings is 1. The fraction of sp³-hybridized carbons (Fsp3) is 0.524. The summed E-state index contributed by atoms with van der Waals surface area (Å²) < 4.78 is 5.68. The Morgan fingerprint density at radius 3 is 2.80 bits per heavy atom. The molecule has 160 valence electrons. The third-order valence-corrected chi connectivity index (χ3v) is 5.75. The number of hydrogen-bond donors (Lipinski definition) is 3. The van der Waals surface area contributed by atoms with Gasteiger partial charge in [0.05, 0.1) is 23.8 Å². The van der Waals surface area contributed by atoms with Crippen molar-refractivity contribution in [1.29, 1.82) is 0 Å². The van der Waals surface area contributed by atoms with E-state index in [0.717, 1.165) is 49.5 Å². The van der Waals surface area contributed by atoms with Gasteiger partial charge in [-0.05, 0) is 37.4 Å². The van der Waals surface area contributed by atoms with E-state index in [0.29, 0.717) is 17.7 Å². The standard InChI is InChI=1S/C21H26N4O5/c26-17-7-6-16(19(27)24-17)25-20(28)15-5-1-3-13(18(15)21(25)29)11-22-8-2-4-14-12-23-9-10-30-14/h1,3,5,14,16,22-23H,2,4,6-12H2,(H,24,26,27). The number of fused-ring (bicyclic) bond motifs is 1. The van der Waals surface area contributed by atoms with Crippen LogP contribution in [0.15, 0.2) is 18.2 Å². The van der Waals surface area contributed by atoms with E-state index >= 15 is 0 Å². The molecule has 0 spiro atoms. The van der Waals surface area contributed by atoms with Gasteiger partial charge in [0.1, 0.15) is 6.04 Å². The molecule has 1 aromatic rings. The summed E-state index contributed by atoms with van der Waals surface area (Å²) in [7, 11) is 0. The van der Waals surface area contributed by atoms with Crippen LogP contribution < -0.4 is 16.0 Å². The first-order valence-corrected chi connectivity index (χ1v) is 10.4. The van der Waals surface area contributed by atoms with Gasteiger partial charge in [0, 0.05) is 26.1 Å². The van der Waals surface area contributed by atoms with Crippen molar-refractivity contribution >= 4 is 23.6 Å². The number of amides is 4. The predicted octanol–water partition coefficient (Wildman–Crippen LogP) is -0.0540. The smallest absolute Gasteiger partial charge is 0.262 e. The van der Waals surface area contributed by atoms with E-state index in [1.54, 1.807) is 12.1 Å². The molecular formula is C21H26N4O5. The lowest BCUT2D eigenvalue weighted by Gasteiger charge is -2.27. The number of ether oxygens (including phenoxy) is 1. The molecule has 3 aliphatic heterocycles. The Labute approximate surface area is 174 Å². The van der Waals surface area contributed by atoms with Crippen molar-refractivity contribution in [2.24, 2.45) is 0 Å². The van der Waals surface area contributed by atoms with E-state index in [1.165, 1.54) is 0 Å². The number of nitrogens with one attached hydrogen (secondary N) is 3. The second kappa shape index (κ2) is 9.03. The number of morpholine rings is 1. The number of carbonyl (C=O) groups is 4. The van der Waals surface area contributed by atoms with Crippen LogP contribution in [-0.2, 0) is 20.9 Å². The second-order valence-corrected chi connectivity index (χ2v) is 7.80. The molecule has 1 aromatic carbocycles. The zero-order valence-electron chi connectivity index (χ0n) is 16.7. The average molecular weight is 414 g/mol. The summed E-state index contributed by atoms with van der Waals surface area (Å²) in [4.78, 5) is 50.5. The Hall–Kier alpha value is -2.62. The van der Waals surface area contributed by atoms with Crippen molar-refractivity contribution in [2.75, 3.05) is 26.2 Å². The highest BCUT2D eigenvalue weighted by Crippen LogP contribution is 2.29. The highest BCUT2D eigenvalue weighted by Gasteiger charge is 2.45.